The quantitative estimate of drug-likeness (QED) is 0.565. The fraction of sp³-hybridized carbons (Fsp3) is 0.400. The number of rotatable bonds is 8. The van der Waals surface area contributed by atoms with Crippen LogP contribution in [0, 0.1) is 6.92 Å². The summed E-state index contributed by atoms with van der Waals surface area (Å²) in [6.45, 7) is 6.47. The number of nitrogens with zero attached hydrogens (tertiary/aromatic N) is 1. The Bertz CT molecular complexity index is 874. The molecule has 1 saturated heterocycles. The molecule has 1 fully saturated rings. The molecule has 7 heteroatoms. The number of ether oxygens (including phenoxy) is 3. The summed E-state index contributed by atoms with van der Waals surface area (Å²) in [5.74, 6) is 0. The standard InChI is InChI=1S/C20H24N2O5/c1-3-9-25-13-17-16(26-12-15-7-5-4-6-8-15)10-18(27-17)22-11-14(2)19(23)21-20(22)24/h3-8,11,16-18H,1,9-10,12-13H2,2H3,(H,21,23,24)/t16-,17+,18+/m0/s1. The van der Waals surface area contributed by atoms with Crippen LogP contribution >= 0.6 is 0 Å². The van der Waals surface area contributed by atoms with Crippen molar-refractivity contribution in [1.29, 1.82) is 0 Å². The SMILES string of the molecule is C=CCOC[C@H]1O[C@@H](n2cc(C)c(=O)[nH]c2=O)C[C@@H]1OCc1ccccc1. The van der Waals surface area contributed by atoms with Crippen LogP contribution in [0.25, 0.3) is 0 Å². The van der Waals surface area contributed by atoms with Gasteiger partial charge >= 0.3 is 5.69 Å². The molecule has 0 bridgehead atoms. The second kappa shape index (κ2) is 8.94. The van der Waals surface area contributed by atoms with Gasteiger partial charge in [0, 0.05) is 18.2 Å². The van der Waals surface area contributed by atoms with Gasteiger partial charge < -0.3 is 14.2 Å². The van der Waals surface area contributed by atoms with E-state index in [2.05, 4.69) is 11.6 Å². The Morgan fingerprint density at radius 2 is 2.11 bits per heavy atom. The highest BCUT2D eigenvalue weighted by molar-refractivity contribution is 5.13. The molecule has 27 heavy (non-hydrogen) atoms. The number of hydrogen-bond donors (Lipinski definition) is 1. The summed E-state index contributed by atoms with van der Waals surface area (Å²) in [6, 6.07) is 9.85. The Morgan fingerprint density at radius 3 is 2.85 bits per heavy atom. The minimum atomic E-state index is -0.522. The van der Waals surface area contributed by atoms with Crippen LogP contribution in [-0.2, 0) is 20.8 Å². The van der Waals surface area contributed by atoms with Crippen LogP contribution in [0.3, 0.4) is 0 Å². The van der Waals surface area contributed by atoms with Crippen LogP contribution in [0.5, 0.6) is 0 Å². The van der Waals surface area contributed by atoms with E-state index in [4.69, 9.17) is 14.2 Å². The molecule has 144 valence electrons. The summed E-state index contributed by atoms with van der Waals surface area (Å²) in [7, 11) is 0. The first-order valence-corrected chi connectivity index (χ1v) is 8.90. The van der Waals surface area contributed by atoms with Gasteiger partial charge in [0.2, 0.25) is 0 Å². The van der Waals surface area contributed by atoms with Crippen molar-refractivity contribution in [3.05, 3.63) is 81.1 Å². The van der Waals surface area contributed by atoms with Crippen LogP contribution in [0.15, 0.2) is 58.8 Å². The number of benzene rings is 1. The van der Waals surface area contributed by atoms with Crippen molar-refractivity contribution in [2.45, 2.75) is 38.4 Å². The van der Waals surface area contributed by atoms with Gasteiger partial charge in [0.05, 0.1) is 25.9 Å². The van der Waals surface area contributed by atoms with Crippen molar-refractivity contribution in [3.63, 3.8) is 0 Å². The molecule has 1 aliphatic heterocycles. The molecule has 1 aliphatic rings. The van der Waals surface area contributed by atoms with Gasteiger partial charge in [-0.25, -0.2) is 4.79 Å². The van der Waals surface area contributed by atoms with E-state index in [-0.39, 0.29) is 12.2 Å². The fourth-order valence-corrected chi connectivity index (χ4v) is 3.04. The average Bonchev–Trinajstić information content (AvgIpc) is 3.07. The third kappa shape index (κ3) is 4.82. The van der Waals surface area contributed by atoms with E-state index < -0.39 is 17.5 Å². The Morgan fingerprint density at radius 1 is 1.33 bits per heavy atom. The minimum absolute atomic E-state index is 0.237. The largest absolute Gasteiger partial charge is 0.375 e. The third-order valence-electron chi connectivity index (χ3n) is 4.46. The molecule has 0 aliphatic carbocycles. The van der Waals surface area contributed by atoms with Gasteiger partial charge in [0.15, 0.2) is 0 Å². The highest BCUT2D eigenvalue weighted by Crippen LogP contribution is 2.30. The summed E-state index contributed by atoms with van der Waals surface area (Å²) in [4.78, 5) is 26.1. The second-order valence-electron chi connectivity index (χ2n) is 6.50. The van der Waals surface area contributed by atoms with Gasteiger partial charge in [-0.05, 0) is 12.5 Å². The van der Waals surface area contributed by atoms with E-state index in [0.717, 1.165) is 5.56 Å². The smallest absolute Gasteiger partial charge is 0.330 e. The summed E-state index contributed by atoms with van der Waals surface area (Å²) in [6.07, 6.45) is 2.60. The maximum absolute atomic E-state index is 12.2. The van der Waals surface area contributed by atoms with E-state index >= 15 is 0 Å². The Kier molecular flexibility index (Phi) is 6.39. The normalized spacial score (nSPS) is 22.0. The molecular formula is C20H24N2O5. The van der Waals surface area contributed by atoms with Gasteiger partial charge in [-0.15, -0.1) is 6.58 Å². The molecule has 1 aromatic heterocycles. The molecule has 3 atom stereocenters. The summed E-state index contributed by atoms with van der Waals surface area (Å²) in [5.41, 5.74) is 0.622. The summed E-state index contributed by atoms with van der Waals surface area (Å²) in [5, 5.41) is 0. The molecule has 0 unspecified atom stereocenters. The maximum atomic E-state index is 12.2. The molecule has 7 nitrogen and oxygen atoms in total. The molecular weight excluding hydrogens is 348 g/mol. The van der Waals surface area contributed by atoms with Crippen LogP contribution in [0.1, 0.15) is 23.8 Å². The minimum Gasteiger partial charge on any atom is -0.375 e. The molecule has 0 radical (unpaired) electrons. The van der Waals surface area contributed by atoms with Crippen molar-refractivity contribution in [3.8, 4) is 0 Å². The van der Waals surface area contributed by atoms with Crippen molar-refractivity contribution in [2.75, 3.05) is 13.2 Å². The van der Waals surface area contributed by atoms with Crippen molar-refractivity contribution < 1.29 is 14.2 Å². The molecule has 0 amide bonds. The van der Waals surface area contributed by atoms with Crippen LogP contribution in [0.2, 0.25) is 0 Å². The van der Waals surface area contributed by atoms with Crippen molar-refractivity contribution in [1.82, 2.24) is 9.55 Å². The fourth-order valence-electron chi connectivity index (χ4n) is 3.04. The average molecular weight is 372 g/mol. The topological polar surface area (TPSA) is 82.5 Å². The lowest BCUT2D eigenvalue weighted by molar-refractivity contribution is -0.0772. The lowest BCUT2D eigenvalue weighted by Crippen LogP contribution is -2.33. The van der Waals surface area contributed by atoms with Gasteiger partial charge in [-0.2, -0.15) is 0 Å². The van der Waals surface area contributed by atoms with Gasteiger partial charge in [-0.3, -0.25) is 14.3 Å². The predicted octanol–water partition coefficient (Wildman–Crippen LogP) is 1.92. The van der Waals surface area contributed by atoms with Crippen LogP contribution < -0.4 is 11.2 Å². The lowest BCUT2D eigenvalue weighted by Gasteiger charge is -2.19. The Hall–Kier alpha value is -2.48. The predicted molar refractivity (Wildman–Crippen MR) is 101 cm³/mol. The van der Waals surface area contributed by atoms with Crippen molar-refractivity contribution >= 4 is 0 Å². The van der Waals surface area contributed by atoms with Crippen molar-refractivity contribution in [2.24, 2.45) is 0 Å². The Balaban J connectivity index is 1.74. The van der Waals surface area contributed by atoms with Crippen LogP contribution in [0.4, 0.5) is 0 Å². The second-order valence-corrected chi connectivity index (χ2v) is 6.50. The summed E-state index contributed by atoms with van der Waals surface area (Å²) >= 11 is 0. The molecule has 2 heterocycles. The zero-order valence-electron chi connectivity index (χ0n) is 15.3. The van der Waals surface area contributed by atoms with E-state index in [9.17, 15) is 9.59 Å². The maximum Gasteiger partial charge on any atom is 0.330 e. The molecule has 2 aromatic rings. The number of H-pyrrole nitrogens is 1. The molecule has 1 N–H and O–H groups in total. The number of aryl methyl sites for hydroxylation is 1. The highest BCUT2D eigenvalue weighted by Gasteiger charge is 2.37. The number of aromatic amines is 1. The molecule has 3 rings (SSSR count). The van der Waals surface area contributed by atoms with E-state index in [1.54, 1.807) is 13.0 Å². The molecule has 0 spiro atoms. The first-order chi connectivity index (χ1) is 13.1. The number of hydrogen-bond acceptors (Lipinski definition) is 5. The zero-order chi connectivity index (χ0) is 19.2. The monoisotopic (exact) mass is 372 g/mol. The third-order valence-corrected chi connectivity index (χ3v) is 4.46. The first kappa shape index (κ1) is 19.3. The van der Waals surface area contributed by atoms with E-state index in [0.29, 0.717) is 31.8 Å². The molecule has 1 aromatic carbocycles. The first-order valence-electron chi connectivity index (χ1n) is 8.90. The van der Waals surface area contributed by atoms with Gasteiger partial charge in [-0.1, -0.05) is 36.4 Å². The van der Waals surface area contributed by atoms with E-state index in [1.807, 2.05) is 30.3 Å². The lowest BCUT2D eigenvalue weighted by atomic mass is 10.1. The zero-order valence-corrected chi connectivity index (χ0v) is 15.3. The molecule has 0 saturated carbocycles. The number of nitrogens with one attached hydrogen (secondary N) is 1. The number of aromatic nitrogens is 2. The van der Waals surface area contributed by atoms with E-state index in [1.165, 1.54) is 10.8 Å². The Labute approximate surface area is 157 Å². The van der Waals surface area contributed by atoms with Crippen LogP contribution in [-0.4, -0.2) is 35.0 Å². The van der Waals surface area contributed by atoms with Gasteiger partial charge in [0.25, 0.3) is 5.56 Å². The highest BCUT2D eigenvalue weighted by atomic mass is 16.6. The summed E-state index contributed by atoms with van der Waals surface area (Å²) < 4.78 is 19.0. The van der Waals surface area contributed by atoms with Gasteiger partial charge in [0.1, 0.15) is 12.3 Å².